The van der Waals surface area contributed by atoms with Crippen LogP contribution in [0.5, 0.6) is 0 Å². The van der Waals surface area contributed by atoms with Crippen LogP contribution in [0.1, 0.15) is 30.4 Å². The summed E-state index contributed by atoms with van der Waals surface area (Å²) in [6, 6.07) is 4.61. The number of carbonyl (C=O) groups is 2. The Labute approximate surface area is 105 Å². The fourth-order valence-corrected chi connectivity index (χ4v) is 2.70. The van der Waals surface area contributed by atoms with Crippen LogP contribution in [0, 0.1) is 12.7 Å². The first-order valence-corrected chi connectivity index (χ1v) is 5.87. The number of carbonyl (C=O) groups excluding carboxylic acids is 2. The zero-order valence-electron chi connectivity index (χ0n) is 10.5. The number of ether oxygens (including phenoxy) is 1. The third-order valence-corrected chi connectivity index (χ3v) is 3.69. The van der Waals surface area contributed by atoms with E-state index in [-0.39, 0.29) is 18.0 Å². The molecule has 1 saturated carbocycles. The molecule has 0 aromatic heterocycles. The van der Waals surface area contributed by atoms with Crippen molar-refractivity contribution in [1.29, 1.82) is 0 Å². The molecule has 1 fully saturated rings. The van der Waals surface area contributed by atoms with Crippen molar-refractivity contribution in [3.8, 4) is 0 Å². The van der Waals surface area contributed by atoms with Gasteiger partial charge in [-0.25, -0.2) is 4.39 Å². The van der Waals surface area contributed by atoms with E-state index in [1.54, 1.807) is 19.1 Å². The van der Waals surface area contributed by atoms with Crippen LogP contribution in [0.3, 0.4) is 0 Å². The SMILES string of the molecule is COC(=O)[C@@]1(c2cccc(F)c2C)CCC(=O)C1. The molecular weight excluding hydrogens is 235 g/mol. The van der Waals surface area contributed by atoms with Gasteiger partial charge >= 0.3 is 5.97 Å². The smallest absolute Gasteiger partial charge is 0.316 e. The van der Waals surface area contributed by atoms with Crippen LogP contribution in [-0.4, -0.2) is 18.9 Å². The first-order valence-electron chi connectivity index (χ1n) is 5.87. The average molecular weight is 250 g/mol. The third-order valence-electron chi connectivity index (χ3n) is 3.69. The third kappa shape index (κ3) is 1.82. The van der Waals surface area contributed by atoms with E-state index in [0.717, 1.165) is 0 Å². The molecule has 1 aromatic rings. The number of methoxy groups -OCH3 is 1. The minimum absolute atomic E-state index is 0.0176. The quantitative estimate of drug-likeness (QED) is 0.756. The van der Waals surface area contributed by atoms with Crippen molar-refractivity contribution in [2.45, 2.75) is 31.6 Å². The zero-order valence-corrected chi connectivity index (χ0v) is 10.5. The molecule has 1 atom stereocenters. The van der Waals surface area contributed by atoms with E-state index in [4.69, 9.17) is 4.74 Å². The van der Waals surface area contributed by atoms with E-state index < -0.39 is 11.4 Å². The summed E-state index contributed by atoms with van der Waals surface area (Å²) in [6.45, 7) is 1.62. The highest BCUT2D eigenvalue weighted by Crippen LogP contribution is 2.42. The predicted octanol–water partition coefficient (Wildman–Crippen LogP) is 2.30. The number of halogens is 1. The molecule has 4 heteroatoms. The molecule has 0 N–H and O–H groups in total. The largest absolute Gasteiger partial charge is 0.468 e. The molecule has 0 heterocycles. The van der Waals surface area contributed by atoms with Crippen LogP contribution in [0.2, 0.25) is 0 Å². The van der Waals surface area contributed by atoms with Crippen molar-refractivity contribution in [3.63, 3.8) is 0 Å². The number of esters is 1. The Kier molecular flexibility index (Phi) is 3.20. The first kappa shape index (κ1) is 12.7. The molecule has 1 aliphatic carbocycles. The molecule has 0 unspecified atom stereocenters. The fraction of sp³-hybridized carbons (Fsp3) is 0.429. The van der Waals surface area contributed by atoms with Gasteiger partial charge in [0.25, 0.3) is 0 Å². The Balaban J connectivity index is 2.57. The maximum atomic E-state index is 13.6. The summed E-state index contributed by atoms with van der Waals surface area (Å²) in [5.74, 6) is -0.804. The molecule has 0 radical (unpaired) electrons. The maximum Gasteiger partial charge on any atom is 0.316 e. The molecule has 2 rings (SSSR count). The van der Waals surface area contributed by atoms with Crippen LogP contribution in [0.25, 0.3) is 0 Å². The highest BCUT2D eigenvalue weighted by atomic mass is 19.1. The molecule has 18 heavy (non-hydrogen) atoms. The van der Waals surface area contributed by atoms with Gasteiger partial charge in [-0.3, -0.25) is 9.59 Å². The Hall–Kier alpha value is -1.71. The van der Waals surface area contributed by atoms with E-state index >= 15 is 0 Å². The van der Waals surface area contributed by atoms with Crippen molar-refractivity contribution in [2.75, 3.05) is 7.11 Å². The van der Waals surface area contributed by atoms with E-state index in [2.05, 4.69) is 0 Å². The minimum Gasteiger partial charge on any atom is -0.468 e. The lowest BCUT2D eigenvalue weighted by atomic mass is 9.76. The van der Waals surface area contributed by atoms with Gasteiger partial charge in [0, 0.05) is 12.8 Å². The van der Waals surface area contributed by atoms with Crippen molar-refractivity contribution >= 4 is 11.8 Å². The lowest BCUT2D eigenvalue weighted by Gasteiger charge is -2.27. The topological polar surface area (TPSA) is 43.4 Å². The molecule has 0 amide bonds. The first-order chi connectivity index (χ1) is 8.51. The highest BCUT2D eigenvalue weighted by Gasteiger charge is 2.48. The molecule has 1 aromatic carbocycles. The maximum absolute atomic E-state index is 13.6. The number of hydrogen-bond donors (Lipinski definition) is 0. The fourth-order valence-electron chi connectivity index (χ4n) is 2.70. The second-order valence-electron chi connectivity index (χ2n) is 4.70. The second-order valence-corrected chi connectivity index (χ2v) is 4.70. The summed E-state index contributed by atoms with van der Waals surface area (Å²) in [5, 5.41) is 0. The number of ketones is 1. The van der Waals surface area contributed by atoms with E-state index in [9.17, 15) is 14.0 Å². The van der Waals surface area contributed by atoms with Crippen LogP contribution < -0.4 is 0 Å². The molecule has 1 aliphatic rings. The molecule has 0 bridgehead atoms. The van der Waals surface area contributed by atoms with Crippen LogP contribution in [0.15, 0.2) is 18.2 Å². The summed E-state index contributed by atoms with van der Waals surface area (Å²) >= 11 is 0. The Morgan fingerprint density at radius 1 is 1.44 bits per heavy atom. The summed E-state index contributed by atoms with van der Waals surface area (Å²) in [5.41, 5.74) is -0.0179. The minimum atomic E-state index is -1.00. The molecule has 3 nitrogen and oxygen atoms in total. The van der Waals surface area contributed by atoms with E-state index in [0.29, 0.717) is 24.0 Å². The molecule has 0 aliphatic heterocycles. The predicted molar refractivity (Wildman–Crippen MR) is 63.7 cm³/mol. The van der Waals surface area contributed by atoms with Gasteiger partial charge in [0.05, 0.1) is 7.11 Å². The average Bonchev–Trinajstić information content (AvgIpc) is 2.75. The van der Waals surface area contributed by atoms with Crippen molar-refractivity contribution in [2.24, 2.45) is 0 Å². The van der Waals surface area contributed by atoms with Gasteiger partial charge in [-0.2, -0.15) is 0 Å². The van der Waals surface area contributed by atoms with Gasteiger partial charge in [-0.1, -0.05) is 12.1 Å². The Morgan fingerprint density at radius 3 is 2.72 bits per heavy atom. The van der Waals surface area contributed by atoms with Gasteiger partial charge in [-0.15, -0.1) is 0 Å². The lowest BCUT2D eigenvalue weighted by Crippen LogP contribution is -2.35. The summed E-state index contributed by atoms with van der Waals surface area (Å²) in [7, 11) is 1.29. The highest BCUT2D eigenvalue weighted by molar-refractivity contribution is 5.95. The van der Waals surface area contributed by atoms with Crippen LogP contribution >= 0.6 is 0 Å². The monoisotopic (exact) mass is 250 g/mol. The number of rotatable bonds is 2. The van der Waals surface area contributed by atoms with Gasteiger partial charge in [0.1, 0.15) is 17.0 Å². The van der Waals surface area contributed by atoms with Gasteiger partial charge < -0.3 is 4.74 Å². The van der Waals surface area contributed by atoms with Crippen LogP contribution in [-0.2, 0) is 19.7 Å². The normalized spacial score (nSPS) is 23.2. The zero-order chi connectivity index (χ0) is 13.3. The van der Waals surface area contributed by atoms with Crippen molar-refractivity contribution in [1.82, 2.24) is 0 Å². The molecule has 0 spiro atoms. The lowest BCUT2D eigenvalue weighted by molar-refractivity contribution is -0.148. The van der Waals surface area contributed by atoms with E-state index in [1.807, 2.05) is 0 Å². The summed E-state index contributed by atoms with van der Waals surface area (Å²) in [4.78, 5) is 23.6. The molecular formula is C14H15FO3. The standard InChI is InChI=1S/C14H15FO3/c1-9-11(4-3-5-12(9)15)14(13(17)18-2)7-6-10(16)8-14/h3-5H,6-8H2,1-2H3/t14-/m0/s1. The van der Waals surface area contributed by atoms with Crippen LogP contribution in [0.4, 0.5) is 4.39 Å². The summed E-state index contributed by atoms with van der Waals surface area (Å²) < 4.78 is 18.5. The number of hydrogen-bond acceptors (Lipinski definition) is 3. The second kappa shape index (κ2) is 4.52. The van der Waals surface area contributed by atoms with Gasteiger partial charge in [0.2, 0.25) is 0 Å². The van der Waals surface area contributed by atoms with Crippen molar-refractivity contribution in [3.05, 3.63) is 35.1 Å². The number of Topliss-reactive ketones (excluding diaryl/α,β-unsaturated/α-hetero) is 1. The van der Waals surface area contributed by atoms with Gasteiger partial charge in [-0.05, 0) is 30.5 Å². The Bertz CT molecular complexity index is 510. The number of benzene rings is 1. The van der Waals surface area contributed by atoms with E-state index in [1.165, 1.54) is 13.2 Å². The molecule has 96 valence electrons. The summed E-state index contributed by atoms with van der Waals surface area (Å²) in [6.07, 6.45) is 0.831. The Morgan fingerprint density at radius 2 is 2.17 bits per heavy atom. The van der Waals surface area contributed by atoms with Gasteiger partial charge in [0.15, 0.2) is 0 Å². The van der Waals surface area contributed by atoms with Crippen molar-refractivity contribution < 1.29 is 18.7 Å². The molecule has 0 saturated heterocycles.